The molecule has 124 valence electrons. The zero-order valence-electron chi connectivity index (χ0n) is 14.8. The standard InChI is InChI=1S/C20H27NO2/c1-13(2)17-15-11-21(19(22)23-20(3,4)5)12-16(15)18(17)14-9-7-6-8-10-14/h6-10,15-16,18H,11-12H2,1-5H3/t15-,16+,18-/m0/s1. The van der Waals surface area contributed by atoms with Crippen LogP contribution in [0.5, 0.6) is 0 Å². The van der Waals surface area contributed by atoms with Crippen LogP contribution in [0.15, 0.2) is 41.5 Å². The Balaban J connectivity index is 1.80. The van der Waals surface area contributed by atoms with Gasteiger partial charge in [-0.25, -0.2) is 4.79 Å². The SMILES string of the molecule is CC(C)=C1[C@H]2CN(C(=O)OC(C)(C)C)C[C@H]2[C@@H]1c1ccccc1. The van der Waals surface area contributed by atoms with Crippen LogP contribution in [0.1, 0.15) is 46.1 Å². The molecule has 0 aromatic heterocycles. The monoisotopic (exact) mass is 313 g/mol. The third-order valence-corrected chi connectivity index (χ3v) is 4.92. The van der Waals surface area contributed by atoms with Crippen molar-refractivity contribution in [1.82, 2.24) is 4.90 Å². The van der Waals surface area contributed by atoms with Crippen LogP contribution in [0.25, 0.3) is 0 Å². The van der Waals surface area contributed by atoms with Crippen molar-refractivity contribution >= 4 is 6.09 Å². The molecule has 0 N–H and O–H groups in total. The van der Waals surface area contributed by atoms with E-state index in [1.165, 1.54) is 16.7 Å². The van der Waals surface area contributed by atoms with E-state index < -0.39 is 5.60 Å². The number of nitrogens with zero attached hydrogens (tertiary/aromatic N) is 1. The molecule has 0 unspecified atom stereocenters. The Morgan fingerprint density at radius 3 is 2.35 bits per heavy atom. The van der Waals surface area contributed by atoms with Crippen molar-refractivity contribution < 1.29 is 9.53 Å². The zero-order valence-corrected chi connectivity index (χ0v) is 14.8. The molecule has 1 saturated carbocycles. The summed E-state index contributed by atoms with van der Waals surface area (Å²) in [4.78, 5) is 14.3. The second-order valence-electron chi connectivity index (χ2n) is 8.00. The van der Waals surface area contributed by atoms with E-state index in [4.69, 9.17) is 4.74 Å². The van der Waals surface area contributed by atoms with Crippen molar-refractivity contribution in [3.63, 3.8) is 0 Å². The van der Waals surface area contributed by atoms with Crippen LogP contribution in [-0.2, 0) is 4.74 Å². The first-order chi connectivity index (χ1) is 10.8. The van der Waals surface area contributed by atoms with Crippen LogP contribution in [-0.4, -0.2) is 29.7 Å². The fraction of sp³-hybridized carbons (Fsp3) is 0.550. The maximum absolute atomic E-state index is 12.4. The molecular weight excluding hydrogens is 286 g/mol. The summed E-state index contributed by atoms with van der Waals surface area (Å²) in [6.45, 7) is 11.7. The fourth-order valence-corrected chi connectivity index (χ4v) is 4.08. The van der Waals surface area contributed by atoms with E-state index in [-0.39, 0.29) is 6.09 Å². The molecule has 1 aromatic rings. The lowest BCUT2D eigenvalue weighted by atomic mass is 9.59. The Bertz CT molecular complexity index is 623. The van der Waals surface area contributed by atoms with Gasteiger partial charge in [-0.3, -0.25) is 0 Å². The van der Waals surface area contributed by atoms with Gasteiger partial charge in [-0.15, -0.1) is 0 Å². The lowest BCUT2D eigenvalue weighted by Gasteiger charge is -2.44. The molecule has 1 aliphatic carbocycles. The number of likely N-dealkylation sites (tertiary alicyclic amines) is 1. The van der Waals surface area contributed by atoms with Crippen LogP contribution >= 0.6 is 0 Å². The molecule has 0 bridgehead atoms. The molecule has 2 aliphatic rings. The Morgan fingerprint density at radius 2 is 1.78 bits per heavy atom. The van der Waals surface area contributed by atoms with E-state index >= 15 is 0 Å². The van der Waals surface area contributed by atoms with Gasteiger partial charge in [0.05, 0.1) is 0 Å². The molecule has 23 heavy (non-hydrogen) atoms. The van der Waals surface area contributed by atoms with Crippen LogP contribution in [0, 0.1) is 11.8 Å². The van der Waals surface area contributed by atoms with Gasteiger partial charge in [0.15, 0.2) is 0 Å². The number of benzene rings is 1. The second-order valence-corrected chi connectivity index (χ2v) is 8.00. The summed E-state index contributed by atoms with van der Waals surface area (Å²) in [7, 11) is 0. The Hall–Kier alpha value is -1.77. The number of carbonyl (C=O) groups is 1. The summed E-state index contributed by atoms with van der Waals surface area (Å²) in [5.74, 6) is 1.48. The van der Waals surface area contributed by atoms with Gasteiger partial charge in [-0.2, -0.15) is 0 Å². The van der Waals surface area contributed by atoms with E-state index in [0.717, 1.165) is 13.1 Å². The number of hydrogen-bond acceptors (Lipinski definition) is 2. The summed E-state index contributed by atoms with van der Waals surface area (Å²) in [5, 5.41) is 0. The highest BCUT2D eigenvalue weighted by atomic mass is 16.6. The van der Waals surface area contributed by atoms with E-state index in [2.05, 4.69) is 44.2 Å². The quantitative estimate of drug-likeness (QED) is 0.709. The van der Waals surface area contributed by atoms with E-state index in [0.29, 0.717) is 17.8 Å². The van der Waals surface area contributed by atoms with Crippen LogP contribution in [0.2, 0.25) is 0 Å². The minimum Gasteiger partial charge on any atom is -0.444 e. The summed E-state index contributed by atoms with van der Waals surface area (Å²) < 4.78 is 5.55. The number of fused-ring (bicyclic) bond motifs is 1. The molecule has 2 fully saturated rings. The lowest BCUT2D eigenvalue weighted by molar-refractivity contribution is 0.0288. The van der Waals surface area contributed by atoms with Crippen LogP contribution < -0.4 is 0 Å². The van der Waals surface area contributed by atoms with Gasteiger partial charge in [-0.05, 0) is 46.1 Å². The molecule has 1 amide bonds. The van der Waals surface area contributed by atoms with Crippen LogP contribution in [0.4, 0.5) is 4.79 Å². The smallest absolute Gasteiger partial charge is 0.410 e. The van der Waals surface area contributed by atoms with Gasteiger partial charge in [0.1, 0.15) is 5.60 Å². The molecule has 3 rings (SSSR count). The number of allylic oxidation sites excluding steroid dienone is 1. The van der Waals surface area contributed by atoms with Crippen molar-refractivity contribution in [3.05, 3.63) is 47.0 Å². The summed E-state index contributed by atoms with van der Waals surface area (Å²) in [6.07, 6.45) is -0.174. The van der Waals surface area contributed by atoms with E-state index in [1.807, 2.05) is 25.7 Å². The molecule has 3 nitrogen and oxygen atoms in total. The number of hydrogen-bond donors (Lipinski definition) is 0. The van der Waals surface area contributed by atoms with Gasteiger partial charge in [0, 0.05) is 24.9 Å². The normalized spacial score (nSPS) is 26.6. The maximum atomic E-state index is 12.4. The van der Waals surface area contributed by atoms with E-state index in [9.17, 15) is 4.79 Å². The van der Waals surface area contributed by atoms with Gasteiger partial charge < -0.3 is 9.64 Å². The average Bonchev–Trinajstić information content (AvgIpc) is 2.77. The molecule has 3 heteroatoms. The number of carbonyl (C=O) groups excluding carboxylic acids is 1. The van der Waals surface area contributed by atoms with Gasteiger partial charge in [-0.1, -0.05) is 41.5 Å². The second kappa shape index (κ2) is 5.70. The van der Waals surface area contributed by atoms with Gasteiger partial charge in [0.2, 0.25) is 0 Å². The van der Waals surface area contributed by atoms with Crippen molar-refractivity contribution in [3.8, 4) is 0 Å². The molecule has 1 aromatic carbocycles. The molecular formula is C20H27NO2. The Kier molecular flexibility index (Phi) is 3.99. The lowest BCUT2D eigenvalue weighted by Crippen LogP contribution is -2.37. The first kappa shape index (κ1) is 16.1. The highest BCUT2D eigenvalue weighted by Crippen LogP contribution is 2.56. The zero-order chi connectivity index (χ0) is 16.8. The van der Waals surface area contributed by atoms with Crippen LogP contribution in [0.3, 0.4) is 0 Å². The molecule has 3 atom stereocenters. The fourth-order valence-electron chi connectivity index (χ4n) is 4.08. The summed E-state index contributed by atoms with van der Waals surface area (Å²) in [5.41, 5.74) is 3.85. The number of amides is 1. The average molecular weight is 313 g/mol. The predicted molar refractivity (Wildman–Crippen MR) is 92.3 cm³/mol. The predicted octanol–water partition coefficient (Wildman–Crippen LogP) is 4.60. The largest absolute Gasteiger partial charge is 0.444 e. The van der Waals surface area contributed by atoms with Crippen molar-refractivity contribution in [2.45, 2.75) is 46.1 Å². The molecule has 1 heterocycles. The van der Waals surface area contributed by atoms with Crippen molar-refractivity contribution in [1.29, 1.82) is 0 Å². The maximum Gasteiger partial charge on any atom is 0.410 e. The topological polar surface area (TPSA) is 29.5 Å². The van der Waals surface area contributed by atoms with Gasteiger partial charge in [0.25, 0.3) is 0 Å². The molecule has 0 spiro atoms. The highest BCUT2D eigenvalue weighted by Gasteiger charge is 2.53. The highest BCUT2D eigenvalue weighted by molar-refractivity contribution is 5.69. The molecule has 0 radical (unpaired) electrons. The molecule has 1 saturated heterocycles. The number of ether oxygens (including phenoxy) is 1. The minimum atomic E-state index is -0.434. The third-order valence-electron chi connectivity index (χ3n) is 4.92. The first-order valence-corrected chi connectivity index (χ1v) is 8.48. The Labute approximate surface area is 139 Å². The minimum absolute atomic E-state index is 0.174. The summed E-state index contributed by atoms with van der Waals surface area (Å²) in [6, 6.07) is 10.7. The molecule has 1 aliphatic heterocycles. The van der Waals surface area contributed by atoms with Gasteiger partial charge >= 0.3 is 6.09 Å². The van der Waals surface area contributed by atoms with Crippen molar-refractivity contribution in [2.75, 3.05) is 13.1 Å². The van der Waals surface area contributed by atoms with E-state index in [1.54, 1.807) is 0 Å². The summed E-state index contributed by atoms with van der Waals surface area (Å²) >= 11 is 0. The number of rotatable bonds is 1. The van der Waals surface area contributed by atoms with Crippen molar-refractivity contribution in [2.24, 2.45) is 11.8 Å². The Morgan fingerprint density at radius 1 is 1.13 bits per heavy atom. The first-order valence-electron chi connectivity index (χ1n) is 8.48. The third kappa shape index (κ3) is 3.01.